The summed E-state index contributed by atoms with van der Waals surface area (Å²) in [6.45, 7) is 2.92. The summed E-state index contributed by atoms with van der Waals surface area (Å²) in [7, 11) is -1.35. The maximum Gasteiger partial charge on any atom is 0.234 e. The molecular weight excluding hydrogens is 292 g/mol. The Balaban J connectivity index is 2.38. The highest BCUT2D eigenvalue weighted by Crippen LogP contribution is 2.15. The summed E-state index contributed by atoms with van der Waals surface area (Å²) in [5.41, 5.74) is 5.22. The van der Waals surface area contributed by atoms with Gasteiger partial charge in [0.2, 0.25) is 5.91 Å². The van der Waals surface area contributed by atoms with Crippen LogP contribution in [0.2, 0.25) is 0 Å². The van der Waals surface area contributed by atoms with Crippen molar-refractivity contribution in [2.24, 2.45) is 5.73 Å². The van der Waals surface area contributed by atoms with E-state index >= 15 is 0 Å². The summed E-state index contributed by atoms with van der Waals surface area (Å²) in [5.74, 6) is 0.266. The molecule has 0 fully saturated rings. The minimum absolute atomic E-state index is 0.268. The lowest BCUT2D eigenvalue weighted by molar-refractivity contribution is -0.122. The molecule has 0 saturated carbocycles. The minimum atomic E-state index is -3.18. The summed E-state index contributed by atoms with van der Waals surface area (Å²) in [5, 5.41) is 0. The monoisotopic (exact) mass is 314 g/mol. The van der Waals surface area contributed by atoms with Gasteiger partial charge in [-0.15, -0.1) is 0 Å². The van der Waals surface area contributed by atoms with Gasteiger partial charge in [0.15, 0.2) is 9.84 Å². The number of amides is 1. The number of hydrogen-bond donors (Lipinski definition) is 1. The number of benzene rings is 1. The van der Waals surface area contributed by atoms with E-state index in [4.69, 9.17) is 10.5 Å². The zero-order valence-electron chi connectivity index (χ0n) is 12.6. The van der Waals surface area contributed by atoms with Gasteiger partial charge in [-0.2, -0.15) is 0 Å². The molecule has 1 aromatic rings. The van der Waals surface area contributed by atoms with Crippen molar-refractivity contribution in [3.8, 4) is 5.75 Å². The first-order valence-corrected chi connectivity index (χ1v) is 8.53. The highest BCUT2D eigenvalue weighted by molar-refractivity contribution is 7.90. The lowest BCUT2D eigenvalue weighted by Crippen LogP contribution is -2.40. The highest BCUT2D eigenvalue weighted by atomic mass is 32.2. The zero-order valence-corrected chi connectivity index (χ0v) is 13.4. The number of nitrogens with zero attached hydrogens (tertiary/aromatic N) is 1. The quantitative estimate of drug-likeness (QED) is 0.712. The summed E-state index contributed by atoms with van der Waals surface area (Å²) in [6.07, 6.45) is 1.90. The number of sulfone groups is 1. The molecular formula is C14H22N2O4S. The molecule has 118 valence electrons. The van der Waals surface area contributed by atoms with Gasteiger partial charge in [0.25, 0.3) is 0 Å². The molecule has 1 rings (SSSR count). The van der Waals surface area contributed by atoms with Gasteiger partial charge in [-0.25, -0.2) is 8.42 Å². The average Bonchev–Trinajstić information content (AvgIpc) is 2.42. The van der Waals surface area contributed by atoms with Gasteiger partial charge in [-0.3, -0.25) is 9.69 Å². The molecule has 0 aliphatic rings. The van der Waals surface area contributed by atoms with Crippen LogP contribution in [0.25, 0.3) is 0 Å². The van der Waals surface area contributed by atoms with Crippen molar-refractivity contribution in [3.63, 3.8) is 0 Å². The van der Waals surface area contributed by atoms with Crippen molar-refractivity contribution < 1.29 is 17.9 Å². The maximum atomic E-state index is 11.3. The molecule has 0 bridgehead atoms. The molecule has 0 aliphatic carbocycles. The van der Waals surface area contributed by atoms with Crippen LogP contribution in [0.4, 0.5) is 0 Å². The molecule has 1 unspecified atom stereocenters. The Morgan fingerprint density at radius 2 is 1.90 bits per heavy atom. The SMILES string of the molecule is CC(C(N)=O)N(C)CCCOc1ccc(S(C)(=O)=O)cc1. The average molecular weight is 314 g/mol. The van der Waals surface area contributed by atoms with Crippen molar-refractivity contribution in [1.82, 2.24) is 4.90 Å². The Hall–Kier alpha value is -1.60. The van der Waals surface area contributed by atoms with E-state index in [2.05, 4.69) is 0 Å². The number of rotatable bonds is 8. The van der Waals surface area contributed by atoms with Crippen LogP contribution in [0.15, 0.2) is 29.2 Å². The third kappa shape index (κ3) is 5.73. The number of hydrogen-bond acceptors (Lipinski definition) is 5. The molecule has 1 atom stereocenters. The van der Waals surface area contributed by atoms with Crippen molar-refractivity contribution in [1.29, 1.82) is 0 Å². The fraction of sp³-hybridized carbons (Fsp3) is 0.500. The predicted octanol–water partition coefficient (Wildman–Crippen LogP) is 0.665. The van der Waals surface area contributed by atoms with Crippen molar-refractivity contribution in [2.75, 3.05) is 26.5 Å². The Bertz CT molecular complexity index is 569. The van der Waals surface area contributed by atoms with Crippen LogP contribution in [-0.4, -0.2) is 51.7 Å². The lowest BCUT2D eigenvalue weighted by Gasteiger charge is -2.21. The minimum Gasteiger partial charge on any atom is -0.494 e. The van der Waals surface area contributed by atoms with E-state index in [-0.39, 0.29) is 16.8 Å². The first-order valence-electron chi connectivity index (χ1n) is 6.64. The highest BCUT2D eigenvalue weighted by Gasteiger charge is 2.13. The molecule has 0 aliphatic heterocycles. The molecule has 7 heteroatoms. The second-order valence-corrected chi connectivity index (χ2v) is 7.02. The Morgan fingerprint density at radius 3 is 2.38 bits per heavy atom. The first-order chi connectivity index (χ1) is 9.71. The van der Waals surface area contributed by atoms with Crippen LogP contribution < -0.4 is 10.5 Å². The number of carbonyl (C=O) groups excluding carboxylic acids is 1. The normalized spacial score (nSPS) is 13.1. The second-order valence-electron chi connectivity index (χ2n) is 5.00. The molecule has 0 radical (unpaired) electrons. The molecule has 0 aromatic heterocycles. The fourth-order valence-electron chi connectivity index (χ4n) is 1.70. The number of carbonyl (C=O) groups is 1. The number of ether oxygens (including phenoxy) is 1. The topological polar surface area (TPSA) is 89.7 Å². The van der Waals surface area contributed by atoms with E-state index in [1.54, 1.807) is 19.1 Å². The van der Waals surface area contributed by atoms with Gasteiger partial charge in [0.05, 0.1) is 17.5 Å². The smallest absolute Gasteiger partial charge is 0.234 e. The third-order valence-electron chi connectivity index (χ3n) is 3.25. The van der Waals surface area contributed by atoms with Crippen LogP contribution in [0, 0.1) is 0 Å². The van der Waals surface area contributed by atoms with Crippen LogP contribution in [0.1, 0.15) is 13.3 Å². The van der Waals surface area contributed by atoms with Gasteiger partial charge in [0.1, 0.15) is 5.75 Å². The van der Waals surface area contributed by atoms with Crippen LogP contribution in [-0.2, 0) is 14.6 Å². The van der Waals surface area contributed by atoms with Crippen molar-refractivity contribution >= 4 is 15.7 Å². The predicted molar refractivity (Wildman–Crippen MR) is 81.0 cm³/mol. The first kappa shape index (κ1) is 17.5. The van der Waals surface area contributed by atoms with Gasteiger partial charge < -0.3 is 10.5 Å². The van der Waals surface area contributed by atoms with Crippen molar-refractivity contribution in [2.45, 2.75) is 24.3 Å². The molecule has 2 N–H and O–H groups in total. The molecule has 1 amide bonds. The Labute approximate surface area is 125 Å². The molecule has 0 saturated heterocycles. The summed E-state index contributed by atoms with van der Waals surface area (Å²) < 4.78 is 28.2. The number of primary amides is 1. The van der Waals surface area contributed by atoms with Crippen molar-refractivity contribution in [3.05, 3.63) is 24.3 Å². The van der Waals surface area contributed by atoms with E-state index in [0.29, 0.717) is 18.9 Å². The van der Waals surface area contributed by atoms with Crippen LogP contribution >= 0.6 is 0 Å². The van der Waals surface area contributed by atoms with Gasteiger partial charge in [-0.05, 0) is 44.7 Å². The van der Waals surface area contributed by atoms with E-state index < -0.39 is 9.84 Å². The van der Waals surface area contributed by atoms with Gasteiger partial charge >= 0.3 is 0 Å². The molecule has 1 aromatic carbocycles. The van der Waals surface area contributed by atoms with Gasteiger partial charge in [0, 0.05) is 12.8 Å². The zero-order chi connectivity index (χ0) is 16.0. The molecule has 0 heterocycles. The third-order valence-corrected chi connectivity index (χ3v) is 4.38. The second kappa shape index (κ2) is 7.42. The van der Waals surface area contributed by atoms with Crippen LogP contribution in [0.3, 0.4) is 0 Å². The van der Waals surface area contributed by atoms with E-state index in [9.17, 15) is 13.2 Å². The van der Waals surface area contributed by atoms with E-state index in [1.165, 1.54) is 18.4 Å². The van der Waals surface area contributed by atoms with E-state index in [0.717, 1.165) is 6.42 Å². The Morgan fingerprint density at radius 1 is 1.33 bits per heavy atom. The van der Waals surface area contributed by atoms with E-state index in [1.807, 2.05) is 11.9 Å². The molecule has 6 nitrogen and oxygen atoms in total. The number of likely N-dealkylation sites (N-methyl/N-ethyl adjacent to an activating group) is 1. The summed E-state index contributed by atoms with van der Waals surface area (Å²) >= 11 is 0. The summed E-state index contributed by atoms with van der Waals surface area (Å²) in [6, 6.07) is 6.00. The lowest BCUT2D eigenvalue weighted by atomic mass is 10.2. The Kier molecular flexibility index (Phi) is 6.17. The van der Waals surface area contributed by atoms with Crippen LogP contribution in [0.5, 0.6) is 5.75 Å². The molecule has 21 heavy (non-hydrogen) atoms. The standard InChI is InChI=1S/C14H22N2O4S/c1-11(14(15)17)16(2)9-4-10-20-12-5-7-13(8-6-12)21(3,18)19/h5-8,11H,4,9-10H2,1-3H3,(H2,15,17). The van der Waals surface area contributed by atoms with Gasteiger partial charge in [-0.1, -0.05) is 0 Å². The largest absolute Gasteiger partial charge is 0.494 e. The summed E-state index contributed by atoms with van der Waals surface area (Å²) in [4.78, 5) is 13.1. The number of nitrogens with two attached hydrogens (primary N) is 1. The molecule has 0 spiro atoms. The maximum absolute atomic E-state index is 11.3. The fourth-order valence-corrected chi connectivity index (χ4v) is 2.33.